The first kappa shape index (κ1) is 11.9. The van der Waals surface area contributed by atoms with Crippen molar-refractivity contribution in [1.29, 1.82) is 0 Å². The van der Waals surface area contributed by atoms with Crippen LogP contribution in [-0.4, -0.2) is 9.78 Å². The molecule has 1 heterocycles. The molecule has 2 heteroatoms. The summed E-state index contributed by atoms with van der Waals surface area (Å²) >= 11 is 0. The van der Waals surface area contributed by atoms with Crippen molar-refractivity contribution in [2.75, 3.05) is 0 Å². The van der Waals surface area contributed by atoms with Gasteiger partial charge < -0.3 is 0 Å². The molecule has 0 saturated heterocycles. The Hall–Kier alpha value is -1.57. The molecule has 2 nitrogen and oxygen atoms in total. The number of hydrogen-bond donors (Lipinski definition) is 0. The van der Waals surface area contributed by atoms with Gasteiger partial charge in [-0.15, -0.1) is 0 Å². The van der Waals surface area contributed by atoms with Gasteiger partial charge in [-0.3, -0.25) is 0 Å². The zero-order chi connectivity index (χ0) is 12.6. The van der Waals surface area contributed by atoms with E-state index in [0.29, 0.717) is 0 Å². The molecular weight excluding hydrogens is 208 g/mol. The third-order valence-electron chi connectivity index (χ3n) is 3.18. The minimum absolute atomic E-state index is 0.100. The second-order valence-electron chi connectivity index (χ2n) is 5.61. The number of nitrogens with zero attached hydrogens (tertiary/aromatic N) is 2. The maximum Gasteiger partial charge on any atom is 0.0682 e. The van der Waals surface area contributed by atoms with E-state index in [4.69, 9.17) is 0 Å². The van der Waals surface area contributed by atoms with Gasteiger partial charge in [0.2, 0.25) is 0 Å². The Morgan fingerprint density at radius 2 is 1.76 bits per heavy atom. The van der Waals surface area contributed by atoms with Gasteiger partial charge in [-0.2, -0.15) is 5.10 Å². The van der Waals surface area contributed by atoms with Gasteiger partial charge >= 0.3 is 0 Å². The van der Waals surface area contributed by atoms with Gasteiger partial charge in [0.05, 0.1) is 11.4 Å². The fourth-order valence-electron chi connectivity index (χ4n) is 1.84. The topological polar surface area (TPSA) is 17.8 Å². The standard InChI is InChI=1S/C15H20N2/c1-11-7-6-8-13(12(11)2)17-10-9-14(16-17)15(3,4)5/h6-10H,1-5H3. The molecule has 0 amide bonds. The Kier molecular flexibility index (Phi) is 2.82. The first-order valence-electron chi connectivity index (χ1n) is 6.02. The van der Waals surface area contributed by atoms with Crippen molar-refractivity contribution in [3.63, 3.8) is 0 Å². The zero-order valence-corrected chi connectivity index (χ0v) is 11.3. The van der Waals surface area contributed by atoms with Crippen LogP contribution in [-0.2, 0) is 5.41 Å². The fourth-order valence-corrected chi connectivity index (χ4v) is 1.84. The average Bonchev–Trinajstić information content (AvgIpc) is 2.70. The molecule has 17 heavy (non-hydrogen) atoms. The average molecular weight is 228 g/mol. The predicted octanol–water partition coefficient (Wildman–Crippen LogP) is 3.79. The van der Waals surface area contributed by atoms with Crippen LogP contribution >= 0.6 is 0 Å². The minimum Gasteiger partial charge on any atom is -0.240 e. The molecule has 0 atom stereocenters. The predicted molar refractivity (Wildman–Crippen MR) is 71.7 cm³/mol. The van der Waals surface area contributed by atoms with Gasteiger partial charge in [0, 0.05) is 11.6 Å². The summed E-state index contributed by atoms with van der Waals surface area (Å²) in [6.07, 6.45) is 2.04. The zero-order valence-electron chi connectivity index (χ0n) is 11.3. The van der Waals surface area contributed by atoms with Crippen molar-refractivity contribution < 1.29 is 0 Å². The lowest BCUT2D eigenvalue weighted by Gasteiger charge is -2.14. The van der Waals surface area contributed by atoms with Crippen molar-refractivity contribution in [2.24, 2.45) is 0 Å². The quantitative estimate of drug-likeness (QED) is 0.726. The van der Waals surface area contributed by atoms with E-state index in [9.17, 15) is 0 Å². The van der Waals surface area contributed by atoms with Crippen LogP contribution in [0.3, 0.4) is 0 Å². The van der Waals surface area contributed by atoms with Gasteiger partial charge in [0.25, 0.3) is 0 Å². The molecule has 0 N–H and O–H groups in total. The SMILES string of the molecule is Cc1cccc(-n2ccc(C(C)(C)C)n2)c1C. The number of aryl methyl sites for hydroxylation is 1. The maximum absolute atomic E-state index is 4.67. The normalized spacial score (nSPS) is 11.8. The van der Waals surface area contributed by atoms with E-state index in [-0.39, 0.29) is 5.41 Å². The van der Waals surface area contributed by atoms with E-state index < -0.39 is 0 Å². The minimum atomic E-state index is 0.100. The second kappa shape index (κ2) is 4.02. The summed E-state index contributed by atoms with van der Waals surface area (Å²) in [6.45, 7) is 10.8. The van der Waals surface area contributed by atoms with Crippen molar-refractivity contribution in [1.82, 2.24) is 9.78 Å². The highest BCUT2D eigenvalue weighted by molar-refractivity contribution is 5.44. The first-order chi connectivity index (χ1) is 7.89. The van der Waals surface area contributed by atoms with E-state index in [2.05, 4.69) is 64.0 Å². The van der Waals surface area contributed by atoms with Crippen molar-refractivity contribution >= 4 is 0 Å². The monoisotopic (exact) mass is 228 g/mol. The van der Waals surface area contributed by atoms with Gasteiger partial charge in [-0.05, 0) is 37.1 Å². The largest absolute Gasteiger partial charge is 0.240 e. The Bertz CT molecular complexity index is 530. The van der Waals surface area contributed by atoms with Crippen molar-refractivity contribution in [3.8, 4) is 5.69 Å². The summed E-state index contributed by atoms with van der Waals surface area (Å²) in [5, 5.41) is 4.67. The Labute approximate surface area is 103 Å². The van der Waals surface area contributed by atoms with Crippen LogP contribution in [0.5, 0.6) is 0 Å². The van der Waals surface area contributed by atoms with Crippen LogP contribution < -0.4 is 0 Å². The lowest BCUT2D eigenvalue weighted by molar-refractivity contribution is 0.560. The number of hydrogen-bond acceptors (Lipinski definition) is 1. The van der Waals surface area contributed by atoms with Crippen LogP contribution in [0.1, 0.15) is 37.6 Å². The second-order valence-corrected chi connectivity index (χ2v) is 5.61. The number of aromatic nitrogens is 2. The van der Waals surface area contributed by atoms with Crippen LogP contribution in [0.25, 0.3) is 5.69 Å². The molecule has 90 valence electrons. The number of benzene rings is 1. The lowest BCUT2D eigenvalue weighted by atomic mass is 9.93. The van der Waals surface area contributed by atoms with Crippen LogP contribution in [0.4, 0.5) is 0 Å². The molecule has 0 unspecified atom stereocenters. The molecule has 1 aromatic heterocycles. The molecule has 0 fully saturated rings. The van der Waals surface area contributed by atoms with Gasteiger partial charge in [0.15, 0.2) is 0 Å². The molecule has 0 radical (unpaired) electrons. The lowest BCUT2D eigenvalue weighted by Crippen LogP contribution is -2.12. The highest BCUT2D eigenvalue weighted by Crippen LogP contribution is 2.22. The molecule has 0 spiro atoms. The molecule has 2 rings (SSSR count). The van der Waals surface area contributed by atoms with Gasteiger partial charge in [-0.1, -0.05) is 32.9 Å². The third kappa shape index (κ3) is 2.26. The highest BCUT2D eigenvalue weighted by atomic mass is 15.3. The molecule has 0 bridgehead atoms. The summed E-state index contributed by atoms with van der Waals surface area (Å²) in [4.78, 5) is 0. The molecule has 0 aliphatic heterocycles. The smallest absolute Gasteiger partial charge is 0.0682 e. The van der Waals surface area contributed by atoms with Gasteiger partial charge in [-0.25, -0.2) is 4.68 Å². The van der Waals surface area contributed by atoms with Crippen LogP contribution in [0, 0.1) is 13.8 Å². The summed E-state index contributed by atoms with van der Waals surface area (Å²) in [5.74, 6) is 0. The van der Waals surface area contributed by atoms with E-state index in [1.165, 1.54) is 16.8 Å². The third-order valence-corrected chi connectivity index (χ3v) is 3.18. The van der Waals surface area contributed by atoms with E-state index in [1.807, 2.05) is 10.9 Å². The van der Waals surface area contributed by atoms with Crippen molar-refractivity contribution in [2.45, 2.75) is 40.0 Å². The Balaban J connectivity index is 2.48. The van der Waals surface area contributed by atoms with E-state index in [0.717, 1.165) is 5.69 Å². The van der Waals surface area contributed by atoms with Crippen LogP contribution in [0.15, 0.2) is 30.5 Å². The summed E-state index contributed by atoms with van der Waals surface area (Å²) in [5.41, 5.74) is 4.98. The van der Waals surface area contributed by atoms with Crippen LogP contribution in [0.2, 0.25) is 0 Å². The van der Waals surface area contributed by atoms with E-state index >= 15 is 0 Å². The summed E-state index contributed by atoms with van der Waals surface area (Å²) in [7, 11) is 0. The molecule has 2 aromatic rings. The Morgan fingerprint density at radius 3 is 2.35 bits per heavy atom. The summed E-state index contributed by atoms with van der Waals surface area (Å²) < 4.78 is 1.98. The maximum atomic E-state index is 4.67. The van der Waals surface area contributed by atoms with Gasteiger partial charge in [0.1, 0.15) is 0 Å². The molecule has 0 saturated carbocycles. The molecule has 1 aromatic carbocycles. The first-order valence-corrected chi connectivity index (χ1v) is 6.02. The Morgan fingerprint density at radius 1 is 1.06 bits per heavy atom. The molecular formula is C15H20N2. The van der Waals surface area contributed by atoms with Crippen molar-refractivity contribution in [3.05, 3.63) is 47.3 Å². The fraction of sp³-hybridized carbons (Fsp3) is 0.400. The molecule has 0 aliphatic carbocycles. The molecule has 0 aliphatic rings. The highest BCUT2D eigenvalue weighted by Gasteiger charge is 2.17. The number of rotatable bonds is 1. The summed E-state index contributed by atoms with van der Waals surface area (Å²) in [6, 6.07) is 8.42. The van der Waals surface area contributed by atoms with E-state index in [1.54, 1.807) is 0 Å².